The SMILES string of the molecule is COC(=O)c1[nH]c(C(C)(C)C)cc1NC(=O)NC1=C(Cl)C(Cl)C=CC=C1. The fraction of sp³-hybridized carbons (Fsp3) is 0.333. The molecule has 0 saturated heterocycles. The van der Waals surface area contributed by atoms with E-state index >= 15 is 0 Å². The maximum absolute atomic E-state index is 12.4. The molecule has 3 N–H and O–H groups in total. The van der Waals surface area contributed by atoms with Crippen LogP contribution in [0, 0.1) is 0 Å². The number of nitrogens with one attached hydrogen (secondary N) is 3. The molecule has 0 aromatic carbocycles. The molecule has 1 aliphatic carbocycles. The molecule has 1 heterocycles. The first kappa shape index (κ1) is 20.1. The summed E-state index contributed by atoms with van der Waals surface area (Å²) in [5.74, 6) is -0.576. The Balaban J connectivity index is 2.24. The minimum Gasteiger partial charge on any atom is -0.464 e. The number of rotatable bonds is 3. The van der Waals surface area contributed by atoms with E-state index in [-0.39, 0.29) is 11.1 Å². The lowest BCUT2D eigenvalue weighted by Gasteiger charge is -2.15. The second-order valence-electron chi connectivity index (χ2n) is 6.70. The maximum Gasteiger partial charge on any atom is 0.356 e. The number of alkyl halides is 1. The van der Waals surface area contributed by atoms with Crippen LogP contribution in [0.1, 0.15) is 37.0 Å². The lowest BCUT2D eigenvalue weighted by molar-refractivity contribution is 0.0595. The van der Waals surface area contributed by atoms with Gasteiger partial charge in [-0.05, 0) is 12.1 Å². The van der Waals surface area contributed by atoms with Crippen LogP contribution in [-0.2, 0) is 10.2 Å². The number of hydrogen-bond donors (Lipinski definition) is 3. The largest absolute Gasteiger partial charge is 0.464 e. The monoisotopic (exact) mass is 397 g/mol. The predicted molar refractivity (Wildman–Crippen MR) is 104 cm³/mol. The molecule has 1 aromatic heterocycles. The molecule has 1 aliphatic rings. The van der Waals surface area contributed by atoms with Crippen molar-refractivity contribution in [2.75, 3.05) is 12.4 Å². The third kappa shape index (κ3) is 4.71. The van der Waals surface area contributed by atoms with E-state index in [0.29, 0.717) is 16.4 Å². The quantitative estimate of drug-likeness (QED) is 0.521. The van der Waals surface area contributed by atoms with Crippen molar-refractivity contribution in [2.45, 2.75) is 31.6 Å². The lowest BCUT2D eigenvalue weighted by atomic mass is 9.92. The summed E-state index contributed by atoms with van der Waals surface area (Å²) in [4.78, 5) is 27.4. The van der Waals surface area contributed by atoms with Crippen LogP contribution < -0.4 is 10.6 Å². The molecule has 8 heteroatoms. The molecule has 1 aromatic rings. The molecule has 0 fully saturated rings. The first-order chi connectivity index (χ1) is 12.1. The van der Waals surface area contributed by atoms with E-state index in [1.165, 1.54) is 7.11 Å². The summed E-state index contributed by atoms with van der Waals surface area (Å²) < 4.78 is 4.77. The number of carbonyl (C=O) groups is 2. The lowest BCUT2D eigenvalue weighted by Crippen LogP contribution is -2.29. The number of amides is 2. The van der Waals surface area contributed by atoms with Gasteiger partial charge in [-0.3, -0.25) is 0 Å². The summed E-state index contributed by atoms with van der Waals surface area (Å²) in [6.07, 6.45) is 6.79. The molecule has 1 unspecified atom stereocenters. The topological polar surface area (TPSA) is 83.2 Å². The Morgan fingerprint density at radius 3 is 2.54 bits per heavy atom. The van der Waals surface area contributed by atoms with Crippen molar-refractivity contribution in [3.05, 3.63) is 52.5 Å². The van der Waals surface area contributed by atoms with Crippen LogP contribution in [0.4, 0.5) is 10.5 Å². The zero-order valence-corrected chi connectivity index (χ0v) is 16.5. The fourth-order valence-corrected chi connectivity index (χ4v) is 2.61. The Labute approximate surface area is 162 Å². The molecule has 0 saturated carbocycles. The zero-order chi connectivity index (χ0) is 19.5. The van der Waals surface area contributed by atoms with E-state index in [0.717, 1.165) is 5.69 Å². The van der Waals surface area contributed by atoms with Crippen molar-refractivity contribution in [2.24, 2.45) is 0 Å². The second kappa shape index (κ2) is 8.01. The molecular formula is C18H21Cl2N3O3. The van der Waals surface area contributed by atoms with Gasteiger partial charge < -0.3 is 20.4 Å². The molecule has 0 aliphatic heterocycles. The molecule has 1 atom stereocenters. The number of esters is 1. The molecule has 2 amide bonds. The highest BCUT2D eigenvalue weighted by Crippen LogP contribution is 2.28. The number of hydrogen-bond acceptors (Lipinski definition) is 3. The van der Waals surface area contributed by atoms with Gasteiger partial charge in [0.05, 0.1) is 28.9 Å². The minimum absolute atomic E-state index is 0.168. The highest BCUT2D eigenvalue weighted by atomic mass is 35.5. The van der Waals surface area contributed by atoms with Crippen LogP contribution in [-0.4, -0.2) is 29.5 Å². The number of ether oxygens (including phenoxy) is 1. The first-order valence-corrected chi connectivity index (χ1v) is 8.73. The molecule has 140 valence electrons. The Morgan fingerprint density at radius 1 is 1.23 bits per heavy atom. The highest BCUT2D eigenvalue weighted by molar-refractivity contribution is 6.38. The van der Waals surface area contributed by atoms with Gasteiger partial charge in [0.25, 0.3) is 0 Å². The number of aromatic amines is 1. The van der Waals surface area contributed by atoms with Gasteiger partial charge in [-0.2, -0.15) is 0 Å². The second-order valence-corrected chi connectivity index (χ2v) is 7.58. The Morgan fingerprint density at radius 2 is 1.92 bits per heavy atom. The van der Waals surface area contributed by atoms with Crippen molar-refractivity contribution in [1.29, 1.82) is 0 Å². The molecule has 2 rings (SSSR count). The molecule has 26 heavy (non-hydrogen) atoms. The maximum atomic E-state index is 12.4. The van der Waals surface area contributed by atoms with Crippen molar-refractivity contribution in [3.8, 4) is 0 Å². The van der Waals surface area contributed by atoms with E-state index in [1.807, 2.05) is 20.8 Å². The van der Waals surface area contributed by atoms with Crippen LogP contribution in [0.25, 0.3) is 0 Å². The van der Waals surface area contributed by atoms with Crippen LogP contribution in [0.15, 0.2) is 41.1 Å². The van der Waals surface area contributed by atoms with Crippen LogP contribution in [0.5, 0.6) is 0 Å². The summed E-state index contributed by atoms with van der Waals surface area (Å²) >= 11 is 12.3. The average molecular weight is 398 g/mol. The zero-order valence-electron chi connectivity index (χ0n) is 14.9. The van der Waals surface area contributed by atoms with Gasteiger partial charge in [0.15, 0.2) is 0 Å². The van der Waals surface area contributed by atoms with Gasteiger partial charge in [-0.25, -0.2) is 9.59 Å². The smallest absolute Gasteiger partial charge is 0.356 e. The summed E-state index contributed by atoms with van der Waals surface area (Å²) in [5.41, 5.74) is 1.40. The van der Waals surface area contributed by atoms with Crippen molar-refractivity contribution in [1.82, 2.24) is 10.3 Å². The number of H-pyrrole nitrogens is 1. The van der Waals surface area contributed by atoms with Crippen LogP contribution >= 0.6 is 23.2 Å². The third-order valence-electron chi connectivity index (χ3n) is 3.67. The number of allylic oxidation sites excluding steroid dienone is 5. The Hall–Kier alpha value is -2.18. The van der Waals surface area contributed by atoms with Gasteiger partial charge in [0, 0.05) is 11.1 Å². The summed E-state index contributed by atoms with van der Waals surface area (Å²) in [5, 5.41) is 5.05. The number of aromatic nitrogens is 1. The molecule has 6 nitrogen and oxygen atoms in total. The average Bonchev–Trinajstić information content (AvgIpc) is 2.93. The Kier molecular flexibility index (Phi) is 6.21. The van der Waals surface area contributed by atoms with Gasteiger partial charge in [-0.15, -0.1) is 11.6 Å². The number of methoxy groups -OCH3 is 1. The van der Waals surface area contributed by atoms with Crippen LogP contribution in [0.3, 0.4) is 0 Å². The fourth-order valence-electron chi connectivity index (χ4n) is 2.22. The Bertz CT molecular complexity index is 801. The van der Waals surface area contributed by atoms with E-state index < -0.39 is 17.4 Å². The van der Waals surface area contributed by atoms with E-state index in [4.69, 9.17) is 27.9 Å². The van der Waals surface area contributed by atoms with E-state index in [2.05, 4.69) is 15.6 Å². The van der Waals surface area contributed by atoms with E-state index in [9.17, 15) is 9.59 Å². The number of halogens is 2. The van der Waals surface area contributed by atoms with Gasteiger partial charge >= 0.3 is 12.0 Å². The summed E-state index contributed by atoms with van der Waals surface area (Å²) in [6, 6.07) is 1.15. The number of anilines is 1. The summed E-state index contributed by atoms with van der Waals surface area (Å²) in [6.45, 7) is 5.95. The van der Waals surface area contributed by atoms with Gasteiger partial charge in [0.2, 0.25) is 0 Å². The standard InChI is InChI=1S/C18H21Cl2N3O3/c1-18(2,3)13-9-12(15(23-13)16(24)26-4)22-17(25)21-11-8-6-5-7-10(19)14(11)20/h5-10,23H,1-4H3,(H2,21,22,25). The molecule has 0 bridgehead atoms. The minimum atomic E-state index is -0.576. The highest BCUT2D eigenvalue weighted by Gasteiger charge is 2.24. The summed E-state index contributed by atoms with van der Waals surface area (Å²) in [7, 11) is 1.28. The van der Waals surface area contributed by atoms with Gasteiger partial charge in [0.1, 0.15) is 5.69 Å². The molecule has 0 spiro atoms. The van der Waals surface area contributed by atoms with Crippen molar-refractivity contribution < 1.29 is 14.3 Å². The van der Waals surface area contributed by atoms with E-state index in [1.54, 1.807) is 30.4 Å². The third-order valence-corrected chi connectivity index (χ3v) is 4.58. The normalized spacial score (nSPS) is 17.1. The van der Waals surface area contributed by atoms with Crippen molar-refractivity contribution in [3.63, 3.8) is 0 Å². The number of carbonyl (C=O) groups excluding carboxylic acids is 2. The van der Waals surface area contributed by atoms with Crippen molar-refractivity contribution >= 4 is 40.9 Å². The first-order valence-electron chi connectivity index (χ1n) is 7.92. The van der Waals surface area contributed by atoms with Crippen LogP contribution in [0.2, 0.25) is 0 Å². The molecular weight excluding hydrogens is 377 g/mol. The van der Waals surface area contributed by atoms with Gasteiger partial charge in [-0.1, -0.05) is 50.6 Å². The predicted octanol–water partition coefficient (Wildman–Crippen LogP) is 4.40. The number of urea groups is 1. The molecule has 0 radical (unpaired) electrons.